The van der Waals surface area contributed by atoms with Crippen LogP contribution in [0.1, 0.15) is 31.4 Å². The molecule has 1 fully saturated rings. The first-order valence-corrected chi connectivity index (χ1v) is 12.1. The quantitative estimate of drug-likeness (QED) is 0.540. The van der Waals surface area contributed by atoms with Crippen LogP contribution >= 0.6 is 0 Å². The number of halogens is 2. The molecule has 2 N–H and O–H groups in total. The maximum Gasteiger partial charge on any atom is 0.421 e. The van der Waals surface area contributed by atoms with Crippen molar-refractivity contribution in [1.82, 2.24) is 19.0 Å². The van der Waals surface area contributed by atoms with Crippen molar-refractivity contribution in [1.29, 1.82) is 0 Å². The summed E-state index contributed by atoms with van der Waals surface area (Å²) in [6, 6.07) is 5.64. The summed E-state index contributed by atoms with van der Waals surface area (Å²) in [6.07, 6.45) is 0.988. The molecule has 3 aromatic rings. The molecule has 0 bridgehead atoms. The second-order valence-electron chi connectivity index (χ2n) is 7.81. The SMILES string of the molecule is CCOC(=O)NS(=O)(=O)N1CCC(c2cc3c(-c4cc(F)ccc4OC)c(F)cnc3[nH]2)CC1. The second kappa shape index (κ2) is 9.55. The Morgan fingerprint density at radius 1 is 1.26 bits per heavy atom. The highest BCUT2D eigenvalue weighted by Crippen LogP contribution is 2.39. The lowest BCUT2D eigenvalue weighted by Gasteiger charge is -2.30. The third kappa shape index (κ3) is 4.68. The highest BCUT2D eigenvalue weighted by atomic mass is 32.2. The Balaban J connectivity index is 1.59. The van der Waals surface area contributed by atoms with E-state index in [9.17, 15) is 22.0 Å². The Bertz CT molecular complexity index is 1320. The van der Waals surface area contributed by atoms with Crippen LogP contribution in [0.2, 0.25) is 0 Å². The Labute approximate surface area is 195 Å². The number of piperidine rings is 1. The van der Waals surface area contributed by atoms with Gasteiger partial charge in [0.05, 0.1) is 19.9 Å². The molecule has 1 saturated heterocycles. The van der Waals surface area contributed by atoms with E-state index >= 15 is 0 Å². The number of benzene rings is 1. The standard InChI is InChI=1S/C22H24F2N4O5S/c1-3-33-22(29)27-34(30,31)28-8-6-13(7-9-28)18-11-16-20(17(24)12-25-21(16)26-18)15-10-14(23)4-5-19(15)32-2/h4-5,10-13H,3,6-9H2,1-2H3,(H,25,26)(H,27,29). The van der Waals surface area contributed by atoms with Gasteiger partial charge in [-0.3, -0.25) is 0 Å². The summed E-state index contributed by atoms with van der Waals surface area (Å²) >= 11 is 0. The number of carbonyl (C=O) groups is 1. The molecule has 0 atom stereocenters. The number of carbonyl (C=O) groups excluding carboxylic acids is 1. The summed E-state index contributed by atoms with van der Waals surface area (Å²) in [4.78, 5) is 18.8. The molecular weight excluding hydrogens is 470 g/mol. The van der Waals surface area contributed by atoms with Gasteiger partial charge in [-0.1, -0.05) is 0 Å². The molecule has 3 heterocycles. The van der Waals surface area contributed by atoms with E-state index in [4.69, 9.17) is 4.74 Å². The number of pyridine rings is 1. The number of ether oxygens (including phenoxy) is 2. The van der Waals surface area contributed by atoms with Gasteiger partial charge in [-0.05, 0) is 44.0 Å². The van der Waals surface area contributed by atoms with E-state index in [0.717, 1.165) is 11.9 Å². The summed E-state index contributed by atoms with van der Waals surface area (Å²) in [5.41, 5.74) is 1.63. The molecule has 1 aliphatic heterocycles. The number of nitrogens with zero attached hydrogens (tertiary/aromatic N) is 2. The van der Waals surface area contributed by atoms with Crippen LogP contribution in [0.15, 0.2) is 30.5 Å². The number of H-pyrrole nitrogens is 1. The molecular formula is C22H24F2N4O5S. The van der Waals surface area contributed by atoms with Gasteiger partial charge in [-0.25, -0.2) is 23.3 Å². The molecule has 0 radical (unpaired) electrons. The van der Waals surface area contributed by atoms with E-state index < -0.39 is 27.9 Å². The van der Waals surface area contributed by atoms with E-state index in [1.165, 1.54) is 29.6 Å². The van der Waals surface area contributed by atoms with E-state index in [1.807, 2.05) is 4.72 Å². The van der Waals surface area contributed by atoms with E-state index in [1.54, 1.807) is 13.0 Å². The summed E-state index contributed by atoms with van der Waals surface area (Å²) in [5.74, 6) is -0.870. The Hall–Kier alpha value is -3.25. The van der Waals surface area contributed by atoms with Crippen LogP contribution in [0, 0.1) is 11.6 Å². The van der Waals surface area contributed by atoms with E-state index in [2.05, 4.69) is 14.7 Å². The zero-order valence-corrected chi connectivity index (χ0v) is 19.4. The third-order valence-corrected chi connectivity index (χ3v) is 7.25. The predicted octanol–water partition coefficient (Wildman–Crippen LogP) is 3.69. The monoisotopic (exact) mass is 494 g/mol. The highest BCUT2D eigenvalue weighted by molar-refractivity contribution is 7.87. The van der Waals surface area contributed by atoms with Gasteiger partial charge in [-0.15, -0.1) is 0 Å². The van der Waals surface area contributed by atoms with Crippen molar-refractivity contribution in [2.45, 2.75) is 25.7 Å². The third-order valence-electron chi connectivity index (χ3n) is 5.79. The van der Waals surface area contributed by atoms with Crippen LogP contribution < -0.4 is 9.46 Å². The molecule has 12 heteroatoms. The van der Waals surface area contributed by atoms with Crippen LogP contribution in [0.25, 0.3) is 22.2 Å². The Morgan fingerprint density at radius 3 is 2.68 bits per heavy atom. The molecule has 2 aromatic heterocycles. The number of hydrogen-bond acceptors (Lipinski definition) is 6. The highest BCUT2D eigenvalue weighted by Gasteiger charge is 2.31. The molecule has 34 heavy (non-hydrogen) atoms. The predicted molar refractivity (Wildman–Crippen MR) is 121 cm³/mol. The molecule has 0 aliphatic carbocycles. The molecule has 1 amide bonds. The summed E-state index contributed by atoms with van der Waals surface area (Å²) in [6.45, 7) is 2.00. The Morgan fingerprint density at radius 2 is 2.00 bits per heavy atom. The fraction of sp³-hybridized carbons (Fsp3) is 0.364. The van der Waals surface area contributed by atoms with Gasteiger partial charge in [0, 0.05) is 41.2 Å². The van der Waals surface area contributed by atoms with Gasteiger partial charge in [0.2, 0.25) is 0 Å². The molecule has 0 unspecified atom stereocenters. The van der Waals surface area contributed by atoms with Crippen molar-refractivity contribution >= 4 is 27.3 Å². The first kappa shape index (κ1) is 23.9. The maximum atomic E-state index is 14.9. The maximum absolute atomic E-state index is 14.9. The number of aromatic nitrogens is 2. The lowest BCUT2D eigenvalue weighted by molar-refractivity contribution is 0.157. The Kier molecular flexibility index (Phi) is 6.71. The zero-order valence-electron chi connectivity index (χ0n) is 18.6. The van der Waals surface area contributed by atoms with Gasteiger partial charge in [0.1, 0.15) is 23.0 Å². The van der Waals surface area contributed by atoms with Crippen molar-refractivity contribution in [3.63, 3.8) is 0 Å². The summed E-state index contributed by atoms with van der Waals surface area (Å²) in [7, 11) is -2.58. The van der Waals surface area contributed by atoms with Crippen molar-refractivity contribution in [3.8, 4) is 16.9 Å². The van der Waals surface area contributed by atoms with Gasteiger partial charge in [0.15, 0.2) is 0 Å². The number of rotatable bonds is 6. The molecule has 0 saturated carbocycles. The average Bonchev–Trinajstić information content (AvgIpc) is 3.23. The van der Waals surface area contributed by atoms with Gasteiger partial charge in [0.25, 0.3) is 0 Å². The minimum Gasteiger partial charge on any atom is -0.496 e. The number of nitrogens with one attached hydrogen (secondary N) is 2. The first-order valence-electron chi connectivity index (χ1n) is 10.7. The lowest BCUT2D eigenvalue weighted by atomic mass is 9.94. The normalized spacial score (nSPS) is 15.4. The van der Waals surface area contributed by atoms with Crippen LogP contribution in [0.4, 0.5) is 13.6 Å². The molecule has 182 valence electrons. The number of amides is 1. The molecule has 0 spiro atoms. The molecule has 4 rings (SSSR count). The number of hydrogen-bond donors (Lipinski definition) is 2. The largest absolute Gasteiger partial charge is 0.496 e. The lowest BCUT2D eigenvalue weighted by Crippen LogP contribution is -2.46. The minimum atomic E-state index is -4.01. The van der Waals surface area contributed by atoms with Crippen molar-refractivity contribution in [3.05, 3.63) is 47.8 Å². The number of aromatic amines is 1. The number of fused-ring (bicyclic) bond motifs is 1. The van der Waals surface area contributed by atoms with Crippen LogP contribution in [-0.2, 0) is 14.9 Å². The zero-order chi connectivity index (χ0) is 24.5. The van der Waals surface area contributed by atoms with Crippen molar-refractivity contribution in [2.24, 2.45) is 0 Å². The van der Waals surface area contributed by atoms with Gasteiger partial charge in [-0.2, -0.15) is 12.7 Å². The molecule has 1 aliphatic rings. The molecule has 9 nitrogen and oxygen atoms in total. The van der Waals surface area contributed by atoms with Crippen LogP contribution in [0.3, 0.4) is 0 Å². The smallest absolute Gasteiger partial charge is 0.421 e. The van der Waals surface area contributed by atoms with E-state index in [-0.39, 0.29) is 36.7 Å². The number of methoxy groups -OCH3 is 1. The van der Waals surface area contributed by atoms with Crippen LogP contribution in [0.5, 0.6) is 5.75 Å². The second-order valence-corrected chi connectivity index (χ2v) is 9.48. The first-order chi connectivity index (χ1) is 16.2. The van der Waals surface area contributed by atoms with Crippen molar-refractivity contribution < 1.29 is 31.5 Å². The fourth-order valence-corrected chi connectivity index (χ4v) is 5.27. The van der Waals surface area contributed by atoms with Gasteiger partial charge < -0.3 is 14.5 Å². The summed E-state index contributed by atoms with van der Waals surface area (Å²) in [5, 5.41) is 0.470. The molecule has 1 aromatic carbocycles. The topological polar surface area (TPSA) is 114 Å². The van der Waals surface area contributed by atoms with E-state index in [0.29, 0.717) is 29.6 Å². The fourth-order valence-electron chi connectivity index (χ4n) is 4.18. The van der Waals surface area contributed by atoms with Crippen LogP contribution in [-0.4, -0.2) is 55.6 Å². The average molecular weight is 495 g/mol. The van der Waals surface area contributed by atoms with Gasteiger partial charge >= 0.3 is 16.3 Å². The van der Waals surface area contributed by atoms with Crippen molar-refractivity contribution in [2.75, 3.05) is 26.8 Å². The minimum absolute atomic E-state index is 0.0476. The summed E-state index contributed by atoms with van der Waals surface area (Å²) < 4.78 is 66.6.